The molecular weight excluding hydrogens is 615 g/mol. The van der Waals surface area contributed by atoms with Gasteiger partial charge in [0.2, 0.25) is 0 Å². The molecule has 2 heterocycles. The molecule has 194 valence electrons. The standard InChI is InChI=1S/C29H25IN2O5S/c1-4-36-22-14-17(13-21(30)26(22)33)15-23-27(34)32-25(20-12-8-10-18-9-6-7-11-19(18)20)24(28(35)37-5-2)16(3)31-29(32)38-23/h6-15,25,33H,4-5H2,1-3H3/b23-15-/t25-/m1/s1. The first kappa shape index (κ1) is 26.2. The van der Waals surface area contributed by atoms with Crippen LogP contribution in [-0.4, -0.2) is 28.9 Å². The highest BCUT2D eigenvalue weighted by Crippen LogP contribution is 2.35. The average Bonchev–Trinajstić information content (AvgIpc) is 3.20. The maximum atomic E-state index is 14.0. The highest BCUT2D eigenvalue weighted by molar-refractivity contribution is 14.1. The van der Waals surface area contributed by atoms with Crippen LogP contribution in [0.15, 0.2) is 75.7 Å². The van der Waals surface area contributed by atoms with Crippen molar-refractivity contribution < 1.29 is 19.4 Å². The summed E-state index contributed by atoms with van der Waals surface area (Å²) < 4.78 is 13.6. The van der Waals surface area contributed by atoms with Crippen LogP contribution in [0.2, 0.25) is 0 Å². The van der Waals surface area contributed by atoms with Crippen LogP contribution in [0.5, 0.6) is 11.5 Å². The van der Waals surface area contributed by atoms with Gasteiger partial charge in [-0.3, -0.25) is 9.36 Å². The summed E-state index contributed by atoms with van der Waals surface area (Å²) in [4.78, 5) is 32.3. The van der Waals surface area contributed by atoms with Gasteiger partial charge >= 0.3 is 5.97 Å². The summed E-state index contributed by atoms with van der Waals surface area (Å²) in [6, 6.07) is 16.6. The Balaban J connectivity index is 1.77. The number of halogens is 1. The molecule has 1 aliphatic heterocycles. The Bertz CT molecular complexity index is 1780. The second kappa shape index (κ2) is 10.7. The van der Waals surface area contributed by atoms with Gasteiger partial charge in [-0.05, 0) is 83.5 Å². The Labute approximate surface area is 236 Å². The summed E-state index contributed by atoms with van der Waals surface area (Å²) in [6.07, 6.45) is 1.76. The molecule has 1 aliphatic rings. The molecular formula is C29H25IN2O5S. The molecule has 0 saturated heterocycles. The fourth-order valence-electron chi connectivity index (χ4n) is 4.67. The number of carbonyl (C=O) groups is 1. The number of aromatic hydroxyl groups is 1. The van der Waals surface area contributed by atoms with Gasteiger partial charge in [0.25, 0.3) is 5.56 Å². The summed E-state index contributed by atoms with van der Waals surface area (Å²) in [5.74, 6) is -0.0698. The molecule has 7 nitrogen and oxygen atoms in total. The zero-order valence-electron chi connectivity index (χ0n) is 21.0. The lowest BCUT2D eigenvalue weighted by molar-refractivity contribution is -0.139. The molecule has 1 atom stereocenters. The van der Waals surface area contributed by atoms with Crippen LogP contribution in [-0.2, 0) is 9.53 Å². The number of carbonyl (C=O) groups excluding carboxylic acids is 1. The normalized spacial score (nSPS) is 15.4. The molecule has 1 N–H and O–H groups in total. The maximum absolute atomic E-state index is 14.0. The highest BCUT2D eigenvalue weighted by atomic mass is 127. The molecule has 0 aliphatic carbocycles. The number of fused-ring (bicyclic) bond motifs is 2. The van der Waals surface area contributed by atoms with E-state index < -0.39 is 12.0 Å². The number of nitrogens with zero attached hydrogens (tertiary/aromatic N) is 2. The molecule has 0 bridgehead atoms. The molecule has 0 radical (unpaired) electrons. The maximum Gasteiger partial charge on any atom is 0.338 e. The Hall–Kier alpha value is -3.44. The summed E-state index contributed by atoms with van der Waals surface area (Å²) in [6.45, 7) is 5.98. The number of phenolic OH excluding ortho intramolecular Hbond substituents is 1. The molecule has 0 amide bonds. The molecule has 4 aromatic rings. The third-order valence-corrected chi connectivity index (χ3v) is 8.09. The first-order chi connectivity index (χ1) is 18.3. The molecule has 0 spiro atoms. The molecule has 0 fully saturated rings. The quantitative estimate of drug-likeness (QED) is 0.245. The van der Waals surface area contributed by atoms with E-state index in [1.165, 1.54) is 11.3 Å². The van der Waals surface area contributed by atoms with Crippen molar-refractivity contribution in [3.63, 3.8) is 0 Å². The molecule has 5 rings (SSSR count). The van der Waals surface area contributed by atoms with E-state index in [0.717, 1.165) is 16.3 Å². The van der Waals surface area contributed by atoms with Crippen molar-refractivity contribution in [1.29, 1.82) is 0 Å². The number of allylic oxidation sites excluding steroid dienone is 1. The Kier molecular flexibility index (Phi) is 7.40. The van der Waals surface area contributed by atoms with Gasteiger partial charge in [0.1, 0.15) is 0 Å². The number of aromatic nitrogens is 1. The van der Waals surface area contributed by atoms with Crippen LogP contribution < -0.4 is 19.6 Å². The summed E-state index contributed by atoms with van der Waals surface area (Å²) in [7, 11) is 0. The van der Waals surface area contributed by atoms with E-state index >= 15 is 0 Å². The monoisotopic (exact) mass is 640 g/mol. The van der Waals surface area contributed by atoms with Crippen LogP contribution >= 0.6 is 33.9 Å². The first-order valence-electron chi connectivity index (χ1n) is 12.2. The molecule has 38 heavy (non-hydrogen) atoms. The smallest absolute Gasteiger partial charge is 0.338 e. The zero-order chi connectivity index (χ0) is 27.0. The van der Waals surface area contributed by atoms with Gasteiger partial charge in [0.15, 0.2) is 16.3 Å². The minimum atomic E-state index is -0.697. The van der Waals surface area contributed by atoms with Gasteiger partial charge in [-0.25, -0.2) is 9.79 Å². The van der Waals surface area contributed by atoms with Gasteiger partial charge < -0.3 is 14.6 Å². The predicted molar refractivity (Wildman–Crippen MR) is 156 cm³/mol. The van der Waals surface area contributed by atoms with E-state index in [-0.39, 0.29) is 17.9 Å². The minimum absolute atomic E-state index is 0.0664. The lowest BCUT2D eigenvalue weighted by Gasteiger charge is -2.25. The van der Waals surface area contributed by atoms with E-state index in [4.69, 9.17) is 9.47 Å². The Morgan fingerprint density at radius 2 is 1.92 bits per heavy atom. The molecule has 9 heteroatoms. The van der Waals surface area contributed by atoms with E-state index in [1.54, 1.807) is 36.6 Å². The Morgan fingerprint density at radius 1 is 1.16 bits per heavy atom. The summed E-state index contributed by atoms with van der Waals surface area (Å²) >= 11 is 3.29. The number of esters is 1. The Morgan fingerprint density at radius 3 is 2.68 bits per heavy atom. The number of ether oxygens (including phenoxy) is 2. The topological polar surface area (TPSA) is 90.1 Å². The number of thiazole rings is 1. The van der Waals surface area contributed by atoms with Crippen LogP contribution in [0, 0.1) is 3.57 Å². The molecule has 3 aromatic carbocycles. The van der Waals surface area contributed by atoms with E-state index in [9.17, 15) is 14.7 Å². The van der Waals surface area contributed by atoms with Crippen LogP contribution in [0.1, 0.15) is 37.9 Å². The third kappa shape index (κ3) is 4.64. The van der Waals surface area contributed by atoms with Crippen molar-refractivity contribution >= 4 is 56.7 Å². The number of rotatable bonds is 6. The number of hydrogen-bond donors (Lipinski definition) is 1. The summed E-state index contributed by atoms with van der Waals surface area (Å²) in [5, 5.41) is 12.3. The number of benzene rings is 3. The minimum Gasteiger partial charge on any atom is -0.504 e. The fraction of sp³-hybridized carbons (Fsp3) is 0.207. The molecule has 0 unspecified atom stereocenters. The van der Waals surface area contributed by atoms with Crippen LogP contribution in [0.3, 0.4) is 0 Å². The number of hydrogen-bond acceptors (Lipinski definition) is 7. The van der Waals surface area contributed by atoms with Crippen molar-refractivity contribution in [2.45, 2.75) is 26.8 Å². The number of phenols is 1. The van der Waals surface area contributed by atoms with E-state index in [1.807, 2.05) is 72.0 Å². The van der Waals surface area contributed by atoms with Gasteiger partial charge in [0.05, 0.1) is 38.6 Å². The van der Waals surface area contributed by atoms with E-state index in [2.05, 4.69) is 4.99 Å². The molecule has 1 aromatic heterocycles. The fourth-order valence-corrected chi connectivity index (χ4v) is 6.34. The summed E-state index contributed by atoms with van der Waals surface area (Å²) in [5.41, 5.74) is 2.14. The van der Waals surface area contributed by atoms with Gasteiger partial charge in [-0.15, -0.1) is 0 Å². The zero-order valence-corrected chi connectivity index (χ0v) is 24.0. The molecule has 0 saturated carbocycles. The first-order valence-corrected chi connectivity index (χ1v) is 14.1. The van der Waals surface area contributed by atoms with E-state index in [0.29, 0.717) is 42.1 Å². The average molecular weight is 640 g/mol. The van der Waals surface area contributed by atoms with Crippen molar-refractivity contribution in [3.05, 3.63) is 100 Å². The highest BCUT2D eigenvalue weighted by Gasteiger charge is 2.34. The second-order valence-corrected chi connectivity index (χ2v) is 10.8. The lowest BCUT2D eigenvalue weighted by Crippen LogP contribution is -2.40. The van der Waals surface area contributed by atoms with Crippen molar-refractivity contribution in [1.82, 2.24) is 4.57 Å². The van der Waals surface area contributed by atoms with Crippen molar-refractivity contribution in [3.8, 4) is 11.5 Å². The van der Waals surface area contributed by atoms with Gasteiger partial charge in [0, 0.05) is 0 Å². The third-order valence-electron chi connectivity index (χ3n) is 6.28. The van der Waals surface area contributed by atoms with Crippen LogP contribution in [0.4, 0.5) is 0 Å². The van der Waals surface area contributed by atoms with Gasteiger partial charge in [-0.2, -0.15) is 0 Å². The second-order valence-electron chi connectivity index (χ2n) is 8.65. The van der Waals surface area contributed by atoms with Gasteiger partial charge in [-0.1, -0.05) is 53.8 Å². The lowest BCUT2D eigenvalue weighted by atomic mass is 9.91. The van der Waals surface area contributed by atoms with Crippen LogP contribution in [0.25, 0.3) is 16.8 Å². The largest absolute Gasteiger partial charge is 0.504 e. The predicted octanol–water partition coefficient (Wildman–Crippen LogP) is 4.66. The SMILES string of the molecule is CCOC(=O)C1=C(C)N=c2s/c(=C\c3cc(I)c(O)c(OCC)c3)c(=O)n2[C@@H]1c1cccc2ccccc12. The van der Waals surface area contributed by atoms with Crippen molar-refractivity contribution in [2.75, 3.05) is 13.2 Å². The van der Waals surface area contributed by atoms with Crippen molar-refractivity contribution in [2.24, 2.45) is 4.99 Å².